The minimum atomic E-state index is -1.29. The maximum atomic E-state index is 13.9. The fraction of sp³-hybridized carbons (Fsp3) is 0.500. The summed E-state index contributed by atoms with van der Waals surface area (Å²) in [6.45, 7) is 2.91. The Morgan fingerprint density at radius 1 is 1.33 bits per heavy atom. The molecule has 0 bridgehead atoms. The average molecular weight is 250 g/mol. The summed E-state index contributed by atoms with van der Waals surface area (Å²) < 4.78 is 13.9. The van der Waals surface area contributed by atoms with E-state index in [2.05, 4.69) is 0 Å². The van der Waals surface area contributed by atoms with Crippen molar-refractivity contribution in [3.8, 4) is 0 Å². The molecule has 1 aromatic carbocycles. The van der Waals surface area contributed by atoms with Crippen molar-refractivity contribution in [1.29, 1.82) is 0 Å². The maximum absolute atomic E-state index is 13.9. The molecule has 1 aromatic rings. The zero-order chi connectivity index (χ0) is 13.2. The third-order valence-electron chi connectivity index (χ3n) is 3.61. The second-order valence-corrected chi connectivity index (χ2v) is 5.01. The van der Waals surface area contributed by atoms with Crippen LogP contribution in [0.15, 0.2) is 24.3 Å². The lowest BCUT2D eigenvalue weighted by atomic mass is 9.93. The molecule has 2 N–H and O–H groups in total. The summed E-state index contributed by atoms with van der Waals surface area (Å²) in [5.41, 5.74) is 5.91. The number of hydrogen-bond donors (Lipinski definition) is 1. The van der Waals surface area contributed by atoms with Crippen LogP contribution in [0, 0.1) is 6.92 Å². The van der Waals surface area contributed by atoms with Crippen LogP contribution in [-0.2, 0) is 0 Å². The number of nitrogens with zero attached hydrogens (tertiary/aromatic N) is 1. The SMILES string of the molecule is Cc1ccc(C(=O)N2CCC(F)(CN)CC2)cc1. The van der Waals surface area contributed by atoms with Crippen LogP contribution in [0.5, 0.6) is 0 Å². The number of alkyl halides is 1. The highest BCUT2D eigenvalue weighted by Crippen LogP contribution is 2.26. The molecule has 0 spiro atoms. The zero-order valence-electron chi connectivity index (χ0n) is 10.7. The van der Waals surface area contributed by atoms with E-state index in [0.717, 1.165) is 5.56 Å². The van der Waals surface area contributed by atoms with Crippen molar-refractivity contribution >= 4 is 5.91 Å². The van der Waals surface area contributed by atoms with E-state index in [-0.39, 0.29) is 12.5 Å². The molecule has 1 aliphatic heterocycles. The smallest absolute Gasteiger partial charge is 0.253 e. The van der Waals surface area contributed by atoms with Crippen LogP contribution in [0.2, 0.25) is 0 Å². The normalized spacial score (nSPS) is 18.7. The molecule has 0 aromatic heterocycles. The number of likely N-dealkylation sites (tertiary alicyclic amines) is 1. The van der Waals surface area contributed by atoms with Gasteiger partial charge < -0.3 is 10.6 Å². The molecular weight excluding hydrogens is 231 g/mol. The summed E-state index contributed by atoms with van der Waals surface area (Å²) in [6.07, 6.45) is 0.669. The first-order valence-electron chi connectivity index (χ1n) is 6.29. The van der Waals surface area contributed by atoms with Gasteiger partial charge in [0.05, 0.1) is 0 Å². The van der Waals surface area contributed by atoms with Gasteiger partial charge in [-0.2, -0.15) is 0 Å². The lowest BCUT2D eigenvalue weighted by Gasteiger charge is -2.35. The third kappa shape index (κ3) is 2.70. The molecular formula is C14H19FN2O. The van der Waals surface area contributed by atoms with Gasteiger partial charge in [-0.05, 0) is 19.1 Å². The topological polar surface area (TPSA) is 46.3 Å². The molecule has 0 atom stereocenters. The zero-order valence-corrected chi connectivity index (χ0v) is 10.7. The number of rotatable bonds is 2. The van der Waals surface area contributed by atoms with E-state index in [1.807, 2.05) is 31.2 Å². The second-order valence-electron chi connectivity index (χ2n) is 5.01. The number of aryl methyl sites for hydroxylation is 1. The van der Waals surface area contributed by atoms with Crippen molar-refractivity contribution in [2.24, 2.45) is 5.73 Å². The molecule has 1 saturated heterocycles. The van der Waals surface area contributed by atoms with Gasteiger partial charge in [0.15, 0.2) is 0 Å². The number of benzene rings is 1. The Morgan fingerprint density at radius 2 is 1.89 bits per heavy atom. The Morgan fingerprint density at radius 3 is 2.39 bits per heavy atom. The molecule has 3 nitrogen and oxygen atoms in total. The van der Waals surface area contributed by atoms with E-state index in [9.17, 15) is 9.18 Å². The molecule has 98 valence electrons. The summed E-state index contributed by atoms with van der Waals surface area (Å²) in [6, 6.07) is 7.46. The van der Waals surface area contributed by atoms with Crippen LogP contribution in [-0.4, -0.2) is 36.1 Å². The maximum Gasteiger partial charge on any atom is 0.253 e. The average Bonchev–Trinajstić information content (AvgIpc) is 2.40. The number of carbonyl (C=O) groups is 1. The first-order chi connectivity index (χ1) is 8.54. The first-order valence-corrected chi connectivity index (χ1v) is 6.29. The van der Waals surface area contributed by atoms with E-state index < -0.39 is 5.67 Å². The number of amides is 1. The lowest BCUT2D eigenvalue weighted by molar-refractivity contribution is 0.0469. The Kier molecular flexibility index (Phi) is 3.66. The summed E-state index contributed by atoms with van der Waals surface area (Å²) in [7, 11) is 0. The van der Waals surface area contributed by atoms with Crippen molar-refractivity contribution in [3.05, 3.63) is 35.4 Å². The highest BCUT2D eigenvalue weighted by molar-refractivity contribution is 5.94. The van der Waals surface area contributed by atoms with E-state index in [1.54, 1.807) is 4.90 Å². The summed E-state index contributed by atoms with van der Waals surface area (Å²) in [5.74, 6) is -0.0194. The fourth-order valence-electron chi connectivity index (χ4n) is 2.19. The summed E-state index contributed by atoms with van der Waals surface area (Å²) in [4.78, 5) is 13.9. The van der Waals surface area contributed by atoms with Gasteiger partial charge in [-0.3, -0.25) is 4.79 Å². The summed E-state index contributed by atoms with van der Waals surface area (Å²) >= 11 is 0. The van der Waals surface area contributed by atoms with Gasteiger partial charge in [0.2, 0.25) is 0 Å². The molecule has 4 heteroatoms. The van der Waals surface area contributed by atoms with Crippen molar-refractivity contribution in [1.82, 2.24) is 4.90 Å². The Labute approximate surface area is 107 Å². The van der Waals surface area contributed by atoms with E-state index in [0.29, 0.717) is 31.5 Å². The van der Waals surface area contributed by atoms with Gasteiger partial charge in [-0.1, -0.05) is 17.7 Å². The summed E-state index contributed by atoms with van der Waals surface area (Å²) in [5, 5.41) is 0. The van der Waals surface area contributed by atoms with Gasteiger partial charge >= 0.3 is 0 Å². The first kappa shape index (κ1) is 13.0. The molecule has 1 amide bonds. The number of nitrogens with two attached hydrogens (primary N) is 1. The van der Waals surface area contributed by atoms with Crippen LogP contribution >= 0.6 is 0 Å². The predicted octanol–water partition coefficient (Wildman–Crippen LogP) is 1.90. The number of halogens is 1. The van der Waals surface area contributed by atoms with Crippen molar-refractivity contribution in [2.45, 2.75) is 25.4 Å². The highest BCUT2D eigenvalue weighted by Gasteiger charge is 2.34. The Balaban J connectivity index is 2.01. The minimum absolute atomic E-state index is 0.0194. The Bertz CT molecular complexity index is 422. The van der Waals surface area contributed by atoms with Crippen LogP contribution in [0.4, 0.5) is 4.39 Å². The highest BCUT2D eigenvalue weighted by atomic mass is 19.1. The molecule has 18 heavy (non-hydrogen) atoms. The number of piperidine rings is 1. The van der Waals surface area contributed by atoms with Gasteiger partial charge in [0, 0.05) is 38.0 Å². The second kappa shape index (κ2) is 5.06. The van der Waals surface area contributed by atoms with Crippen LogP contribution in [0.3, 0.4) is 0 Å². The van der Waals surface area contributed by atoms with Gasteiger partial charge in [-0.25, -0.2) is 4.39 Å². The van der Waals surface area contributed by atoms with Crippen LogP contribution < -0.4 is 5.73 Å². The van der Waals surface area contributed by atoms with Gasteiger partial charge in [0.1, 0.15) is 5.67 Å². The van der Waals surface area contributed by atoms with Crippen molar-refractivity contribution < 1.29 is 9.18 Å². The van der Waals surface area contributed by atoms with Crippen molar-refractivity contribution in [2.75, 3.05) is 19.6 Å². The standard InChI is InChI=1S/C14H19FN2O/c1-11-2-4-12(5-3-11)13(18)17-8-6-14(15,10-16)7-9-17/h2-5H,6-10,16H2,1H3. The molecule has 0 unspecified atom stereocenters. The van der Waals surface area contributed by atoms with Gasteiger partial charge in [0.25, 0.3) is 5.91 Å². The Hall–Kier alpha value is -1.42. The van der Waals surface area contributed by atoms with Crippen molar-refractivity contribution in [3.63, 3.8) is 0 Å². The van der Waals surface area contributed by atoms with E-state index in [1.165, 1.54) is 0 Å². The third-order valence-corrected chi connectivity index (χ3v) is 3.61. The molecule has 0 aliphatic carbocycles. The molecule has 0 saturated carbocycles. The molecule has 1 aliphatic rings. The molecule has 0 radical (unpaired) electrons. The molecule has 1 heterocycles. The number of hydrogen-bond acceptors (Lipinski definition) is 2. The largest absolute Gasteiger partial charge is 0.338 e. The number of carbonyl (C=O) groups excluding carboxylic acids is 1. The van der Waals surface area contributed by atoms with Gasteiger partial charge in [-0.15, -0.1) is 0 Å². The fourth-order valence-corrected chi connectivity index (χ4v) is 2.19. The van der Waals surface area contributed by atoms with E-state index in [4.69, 9.17) is 5.73 Å². The van der Waals surface area contributed by atoms with Crippen LogP contribution in [0.25, 0.3) is 0 Å². The minimum Gasteiger partial charge on any atom is -0.338 e. The molecule has 1 fully saturated rings. The predicted molar refractivity (Wildman–Crippen MR) is 69.2 cm³/mol. The quantitative estimate of drug-likeness (QED) is 0.871. The molecule has 2 rings (SSSR count). The monoisotopic (exact) mass is 250 g/mol. The lowest BCUT2D eigenvalue weighted by Crippen LogP contribution is -2.47. The van der Waals surface area contributed by atoms with E-state index >= 15 is 0 Å². The van der Waals surface area contributed by atoms with Crippen LogP contribution in [0.1, 0.15) is 28.8 Å².